The number of ether oxygens (including phenoxy) is 1. The van der Waals surface area contributed by atoms with Crippen LogP contribution in [0.5, 0.6) is 5.75 Å². The molecule has 0 fully saturated rings. The molecule has 1 aromatic heterocycles. The predicted octanol–water partition coefficient (Wildman–Crippen LogP) is 3.36. The second-order valence-corrected chi connectivity index (χ2v) is 3.84. The van der Waals surface area contributed by atoms with Crippen LogP contribution in [0.2, 0.25) is 10.2 Å². The highest BCUT2D eigenvalue weighted by atomic mass is 35.5. The third-order valence-electron chi connectivity index (χ3n) is 1.89. The Balaban J connectivity index is 2.02. The second kappa shape index (κ2) is 5.14. The number of halogens is 2. The van der Waals surface area contributed by atoms with Crippen molar-refractivity contribution in [2.75, 3.05) is 0 Å². The van der Waals surface area contributed by atoms with Crippen molar-refractivity contribution in [1.82, 2.24) is 9.97 Å². The molecule has 0 aliphatic rings. The Hall–Kier alpha value is -1.32. The van der Waals surface area contributed by atoms with Crippen LogP contribution in [0.1, 0.15) is 5.69 Å². The Morgan fingerprint density at radius 1 is 1.06 bits per heavy atom. The lowest BCUT2D eigenvalue weighted by atomic mass is 10.3. The minimum absolute atomic E-state index is 0.313. The number of hydrogen-bond donors (Lipinski definition) is 0. The normalized spacial score (nSPS) is 10.1. The van der Waals surface area contributed by atoms with Crippen molar-refractivity contribution in [3.05, 3.63) is 52.5 Å². The van der Waals surface area contributed by atoms with Crippen molar-refractivity contribution in [3.8, 4) is 5.75 Å². The number of hydrogen-bond acceptors (Lipinski definition) is 3. The molecule has 2 rings (SSSR count). The van der Waals surface area contributed by atoms with Gasteiger partial charge in [-0.1, -0.05) is 35.3 Å². The molecule has 5 heteroatoms. The molecule has 0 bridgehead atoms. The molecular weight excluding hydrogens is 247 g/mol. The molecule has 0 radical (unpaired) electrons. The summed E-state index contributed by atoms with van der Waals surface area (Å²) in [6.45, 7) is 0.313. The van der Waals surface area contributed by atoms with Gasteiger partial charge < -0.3 is 4.74 Å². The summed E-state index contributed by atoms with van der Waals surface area (Å²) in [5.74, 6) is 0.626. The van der Waals surface area contributed by atoms with Gasteiger partial charge in [-0.2, -0.15) is 0 Å². The Kier molecular flexibility index (Phi) is 3.59. The van der Waals surface area contributed by atoms with E-state index in [9.17, 15) is 0 Å². The zero-order valence-electron chi connectivity index (χ0n) is 8.23. The van der Waals surface area contributed by atoms with Gasteiger partial charge in [-0.15, -0.1) is 0 Å². The Bertz CT molecular complexity index is 474. The lowest BCUT2D eigenvalue weighted by Crippen LogP contribution is -1.99. The van der Waals surface area contributed by atoms with Crippen LogP contribution in [0.15, 0.2) is 36.7 Å². The van der Waals surface area contributed by atoms with E-state index in [1.54, 1.807) is 18.3 Å². The van der Waals surface area contributed by atoms with Gasteiger partial charge in [0.25, 0.3) is 0 Å². The van der Waals surface area contributed by atoms with Crippen LogP contribution in [-0.4, -0.2) is 9.97 Å². The van der Waals surface area contributed by atoms with E-state index in [4.69, 9.17) is 27.9 Å². The van der Waals surface area contributed by atoms with Gasteiger partial charge in [0.15, 0.2) is 0 Å². The number of rotatable bonds is 3. The van der Waals surface area contributed by atoms with Crippen LogP contribution in [0, 0.1) is 0 Å². The molecule has 0 saturated heterocycles. The van der Waals surface area contributed by atoms with Gasteiger partial charge in [-0.3, -0.25) is 4.98 Å². The van der Waals surface area contributed by atoms with Crippen LogP contribution >= 0.6 is 23.2 Å². The van der Waals surface area contributed by atoms with Gasteiger partial charge in [0.2, 0.25) is 0 Å². The van der Waals surface area contributed by atoms with Crippen LogP contribution < -0.4 is 4.74 Å². The highest BCUT2D eigenvalue weighted by molar-refractivity contribution is 6.32. The molecule has 0 N–H and O–H groups in total. The van der Waals surface area contributed by atoms with E-state index >= 15 is 0 Å². The molecule has 0 spiro atoms. The molecule has 0 aliphatic carbocycles. The Morgan fingerprint density at radius 2 is 1.88 bits per heavy atom. The Labute approximate surface area is 103 Å². The number of benzene rings is 1. The summed E-state index contributed by atoms with van der Waals surface area (Å²) < 4.78 is 5.49. The molecule has 16 heavy (non-hydrogen) atoms. The van der Waals surface area contributed by atoms with E-state index in [1.807, 2.05) is 12.1 Å². The molecule has 0 amide bonds. The molecule has 1 heterocycles. The largest absolute Gasteiger partial charge is 0.486 e. The van der Waals surface area contributed by atoms with Crippen molar-refractivity contribution >= 4 is 23.2 Å². The van der Waals surface area contributed by atoms with Gasteiger partial charge in [-0.25, -0.2) is 4.98 Å². The number of aromatic nitrogens is 2. The van der Waals surface area contributed by atoms with Gasteiger partial charge in [-0.05, 0) is 12.1 Å². The maximum absolute atomic E-state index is 5.93. The average molecular weight is 255 g/mol. The standard InChI is InChI=1S/C11H8Cl2N2O/c12-9-3-1-2-4-10(9)16-7-8-5-15-11(13)6-14-8/h1-6H,7H2. The number of para-hydroxylation sites is 1. The molecule has 2 aromatic rings. The predicted molar refractivity (Wildman–Crippen MR) is 62.8 cm³/mol. The monoisotopic (exact) mass is 254 g/mol. The summed E-state index contributed by atoms with van der Waals surface area (Å²) in [7, 11) is 0. The number of nitrogens with zero attached hydrogens (tertiary/aromatic N) is 2. The third-order valence-corrected chi connectivity index (χ3v) is 2.39. The van der Waals surface area contributed by atoms with Crippen molar-refractivity contribution < 1.29 is 4.74 Å². The fourth-order valence-corrected chi connectivity index (χ4v) is 1.41. The van der Waals surface area contributed by atoms with Crippen molar-refractivity contribution in [1.29, 1.82) is 0 Å². The van der Waals surface area contributed by atoms with Crippen LogP contribution in [0.25, 0.3) is 0 Å². The maximum atomic E-state index is 5.93. The SMILES string of the molecule is Clc1cnc(COc2ccccc2Cl)cn1. The summed E-state index contributed by atoms with van der Waals surface area (Å²) in [6, 6.07) is 7.27. The molecule has 0 saturated carbocycles. The zero-order valence-corrected chi connectivity index (χ0v) is 9.74. The lowest BCUT2D eigenvalue weighted by Gasteiger charge is -2.06. The average Bonchev–Trinajstić information content (AvgIpc) is 2.30. The first-order valence-corrected chi connectivity index (χ1v) is 5.35. The summed E-state index contributed by atoms with van der Waals surface area (Å²) in [5, 5.41) is 0.936. The van der Waals surface area contributed by atoms with E-state index in [0.29, 0.717) is 28.2 Å². The molecule has 0 unspecified atom stereocenters. The minimum atomic E-state index is 0.313. The lowest BCUT2D eigenvalue weighted by molar-refractivity contribution is 0.301. The van der Waals surface area contributed by atoms with E-state index in [-0.39, 0.29) is 0 Å². The smallest absolute Gasteiger partial charge is 0.147 e. The summed E-state index contributed by atoms with van der Waals surface area (Å²) >= 11 is 11.6. The molecule has 82 valence electrons. The Morgan fingerprint density at radius 3 is 2.56 bits per heavy atom. The van der Waals surface area contributed by atoms with Gasteiger partial charge in [0, 0.05) is 0 Å². The molecule has 0 aliphatic heterocycles. The highest BCUT2D eigenvalue weighted by Gasteiger charge is 2.01. The van der Waals surface area contributed by atoms with Gasteiger partial charge in [0.1, 0.15) is 17.5 Å². The quantitative estimate of drug-likeness (QED) is 0.843. The summed E-state index contributed by atoms with van der Waals surface area (Å²) in [4.78, 5) is 7.96. The molecular formula is C11H8Cl2N2O. The highest BCUT2D eigenvalue weighted by Crippen LogP contribution is 2.23. The van der Waals surface area contributed by atoms with Crippen LogP contribution in [-0.2, 0) is 6.61 Å². The van der Waals surface area contributed by atoms with Crippen molar-refractivity contribution in [2.24, 2.45) is 0 Å². The van der Waals surface area contributed by atoms with E-state index in [0.717, 1.165) is 0 Å². The van der Waals surface area contributed by atoms with E-state index in [1.165, 1.54) is 6.20 Å². The fourth-order valence-electron chi connectivity index (χ4n) is 1.13. The molecule has 3 nitrogen and oxygen atoms in total. The first-order chi connectivity index (χ1) is 7.75. The van der Waals surface area contributed by atoms with Gasteiger partial charge >= 0.3 is 0 Å². The topological polar surface area (TPSA) is 35.0 Å². The van der Waals surface area contributed by atoms with Crippen molar-refractivity contribution in [3.63, 3.8) is 0 Å². The minimum Gasteiger partial charge on any atom is -0.486 e. The van der Waals surface area contributed by atoms with Gasteiger partial charge in [0.05, 0.1) is 23.1 Å². The van der Waals surface area contributed by atoms with E-state index < -0.39 is 0 Å². The third kappa shape index (κ3) is 2.84. The van der Waals surface area contributed by atoms with Crippen LogP contribution in [0.4, 0.5) is 0 Å². The summed E-state index contributed by atoms with van der Waals surface area (Å²) in [5.41, 5.74) is 0.698. The van der Waals surface area contributed by atoms with E-state index in [2.05, 4.69) is 9.97 Å². The van der Waals surface area contributed by atoms with Crippen molar-refractivity contribution in [2.45, 2.75) is 6.61 Å². The molecule has 0 atom stereocenters. The molecule has 1 aromatic carbocycles. The zero-order chi connectivity index (χ0) is 11.4. The second-order valence-electron chi connectivity index (χ2n) is 3.05. The first-order valence-electron chi connectivity index (χ1n) is 4.59. The summed E-state index contributed by atoms with van der Waals surface area (Å²) in [6.07, 6.45) is 3.05. The fraction of sp³-hybridized carbons (Fsp3) is 0.0909. The first kappa shape index (κ1) is 11.2. The maximum Gasteiger partial charge on any atom is 0.147 e. The van der Waals surface area contributed by atoms with Crippen LogP contribution in [0.3, 0.4) is 0 Å².